The number of benzene rings is 1. The predicted molar refractivity (Wildman–Crippen MR) is 108 cm³/mol. The van der Waals surface area contributed by atoms with Gasteiger partial charge in [-0.2, -0.15) is 0 Å². The second kappa shape index (κ2) is 9.52. The molecule has 1 saturated heterocycles. The van der Waals surface area contributed by atoms with Crippen LogP contribution < -0.4 is 10.6 Å². The number of Topliss-reactive ketones (excluding diaryl/α,β-unsaturated/α-hetero) is 1. The van der Waals surface area contributed by atoms with Crippen LogP contribution in [0.3, 0.4) is 0 Å². The summed E-state index contributed by atoms with van der Waals surface area (Å²) in [6.45, 7) is 4.40. The Kier molecular flexibility index (Phi) is 6.82. The summed E-state index contributed by atoms with van der Waals surface area (Å²) in [6, 6.07) is 8.57. The lowest BCUT2D eigenvalue weighted by Gasteiger charge is -2.13. The van der Waals surface area contributed by atoms with Crippen molar-refractivity contribution >= 4 is 23.3 Å². The van der Waals surface area contributed by atoms with Crippen LogP contribution in [0.15, 0.2) is 34.7 Å². The highest BCUT2D eigenvalue weighted by molar-refractivity contribution is 6.03. The van der Waals surface area contributed by atoms with Crippen LogP contribution in [0.25, 0.3) is 0 Å². The highest BCUT2D eigenvalue weighted by Crippen LogP contribution is 2.19. The zero-order valence-electron chi connectivity index (χ0n) is 16.7. The Balaban J connectivity index is 1.56. The quantitative estimate of drug-likeness (QED) is 0.665. The number of ether oxygens (including phenoxy) is 1. The second-order valence-corrected chi connectivity index (χ2v) is 7.18. The number of nitrogens with one attached hydrogen (secondary N) is 2. The Labute approximate surface area is 169 Å². The maximum absolute atomic E-state index is 12.5. The van der Waals surface area contributed by atoms with E-state index in [1.807, 2.05) is 0 Å². The number of aryl methyl sites for hydroxylation is 2. The summed E-state index contributed by atoms with van der Waals surface area (Å²) >= 11 is 0. The Morgan fingerprint density at radius 2 is 1.97 bits per heavy atom. The molecule has 0 aliphatic carbocycles. The third-order valence-electron chi connectivity index (χ3n) is 4.91. The van der Waals surface area contributed by atoms with Gasteiger partial charge in [-0.05, 0) is 44.9 Å². The van der Waals surface area contributed by atoms with Crippen molar-refractivity contribution in [1.82, 2.24) is 5.32 Å². The highest BCUT2D eigenvalue weighted by atomic mass is 16.5. The first-order chi connectivity index (χ1) is 13.9. The van der Waals surface area contributed by atoms with Crippen LogP contribution in [-0.2, 0) is 16.0 Å². The van der Waals surface area contributed by atoms with E-state index in [1.54, 1.807) is 37.3 Å². The molecule has 2 aromatic rings. The number of rotatable bonds is 8. The molecule has 7 heteroatoms. The van der Waals surface area contributed by atoms with Gasteiger partial charge >= 0.3 is 0 Å². The summed E-state index contributed by atoms with van der Waals surface area (Å²) in [5.74, 6) is 0.600. The molecule has 154 valence electrons. The summed E-state index contributed by atoms with van der Waals surface area (Å²) in [7, 11) is 0. The van der Waals surface area contributed by atoms with Gasteiger partial charge in [-0.3, -0.25) is 14.4 Å². The molecule has 1 aliphatic heterocycles. The minimum absolute atomic E-state index is 0.0531. The zero-order valence-corrected chi connectivity index (χ0v) is 16.7. The minimum Gasteiger partial charge on any atom is -0.466 e. The van der Waals surface area contributed by atoms with E-state index in [9.17, 15) is 14.4 Å². The molecule has 0 spiro atoms. The van der Waals surface area contributed by atoms with E-state index in [1.165, 1.54) is 6.92 Å². The molecule has 1 aromatic heterocycles. The Morgan fingerprint density at radius 3 is 2.66 bits per heavy atom. The molecule has 0 bridgehead atoms. The van der Waals surface area contributed by atoms with Crippen molar-refractivity contribution in [3.8, 4) is 0 Å². The minimum atomic E-state index is -0.246. The van der Waals surface area contributed by atoms with E-state index < -0.39 is 0 Å². The molecule has 1 aromatic carbocycles. The standard InChI is InChI=1S/C22H26N2O5/c1-14(25)19-12-16(29-15(19)2)9-10-21(26)24-20-8-4-3-7-18(20)22(27)23-13-17-6-5-11-28-17/h3-4,7-8,12,17H,5-6,9-11,13H2,1-2H3,(H,23,27)(H,24,26)/t17-/m0/s1. The number of carbonyl (C=O) groups is 3. The molecule has 0 unspecified atom stereocenters. The molecule has 1 aliphatic rings. The van der Waals surface area contributed by atoms with E-state index in [-0.39, 0.29) is 30.1 Å². The molecule has 0 saturated carbocycles. The van der Waals surface area contributed by atoms with Gasteiger partial charge in [0.25, 0.3) is 5.91 Å². The molecular formula is C22H26N2O5. The van der Waals surface area contributed by atoms with Crippen molar-refractivity contribution in [3.05, 3.63) is 53.0 Å². The van der Waals surface area contributed by atoms with E-state index in [0.717, 1.165) is 19.4 Å². The van der Waals surface area contributed by atoms with Crippen LogP contribution in [0.1, 0.15) is 58.4 Å². The lowest BCUT2D eigenvalue weighted by atomic mass is 10.1. The number of anilines is 1. The molecule has 2 amide bonds. The number of carbonyl (C=O) groups excluding carboxylic acids is 3. The van der Waals surface area contributed by atoms with Crippen LogP contribution in [0.2, 0.25) is 0 Å². The number of amides is 2. The Bertz CT molecular complexity index is 896. The van der Waals surface area contributed by atoms with Gasteiger partial charge < -0.3 is 19.8 Å². The second-order valence-electron chi connectivity index (χ2n) is 7.18. The monoisotopic (exact) mass is 398 g/mol. The van der Waals surface area contributed by atoms with Gasteiger partial charge in [-0.15, -0.1) is 0 Å². The smallest absolute Gasteiger partial charge is 0.253 e. The average molecular weight is 398 g/mol. The van der Waals surface area contributed by atoms with Gasteiger partial charge in [0.1, 0.15) is 11.5 Å². The molecule has 7 nitrogen and oxygen atoms in total. The fraction of sp³-hybridized carbons (Fsp3) is 0.409. The van der Waals surface area contributed by atoms with Crippen molar-refractivity contribution in [2.45, 2.75) is 45.6 Å². The lowest BCUT2D eigenvalue weighted by Crippen LogP contribution is -2.32. The number of hydrogen-bond donors (Lipinski definition) is 2. The molecule has 3 rings (SSSR count). The van der Waals surface area contributed by atoms with Crippen LogP contribution in [0, 0.1) is 6.92 Å². The van der Waals surface area contributed by atoms with E-state index in [0.29, 0.717) is 41.3 Å². The number of ketones is 1. The van der Waals surface area contributed by atoms with Crippen molar-refractivity contribution in [1.29, 1.82) is 0 Å². The summed E-state index contributed by atoms with van der Waals surface area (Å²) in [5, 5.41) is 5.66. The first kappa shape index (κ1) is 20.8. The largest absolute Gasteiger partial charge is 0.466 e. The molecule has 1 atom stereocenters. The first-order valence-electron chi connectivity index (χ1n) is 9.83. The van der Waals surface area contributed by atoms with Gasteiger partial charge in [-0.1, -0.05) is 12.1 Å². The third kappa shape index (κ3) is 5.54. The third-order valence-corrected chi connectivity index (χ3v) is 4.91. The van der Waals surface area contributed by atoms with Crippen molar-refractivity contribution in [2.75, 3.05) is 18.5 Å². The van der Waals surface area contributed by atoms with E-state index in [2.05, 4.69) is 10.6 Å². The number of furan rings is 1. The molecule has 29 heavy (non-hydrogen) atoms. The SMILES string of the molecule is CC(=O)c1cc(CCC(=O)Nc2ccccc2C(=O)NC[C@@H]2CCCO2)oc1C. The lowest BCUT2D eigenvalue weighted by molar-refractivity contribution is -0.116. The Morgan fingerprint density at radius 1 is 1.17 bits per heavy atom. The maximum Gasteiger partial charge on any atom is 0.253 e. The Hall–Kier alpha value is -2.93. The van der Waals surface area contributed by atoms with E-state index >= 15 is 0 Å². The summed E-state index contributed by atoms with van der Waals surface area (Å²) < 4.78 is 11.1. The molecule has 2 heterocycles. The van der Waals surface area contributed by atoms with Gasteiger partial charge in [-0.25, -0.2) is 0 Å². The predicted octanol–water partition coefficient (Wildman–Crippen LogP) is 3.27. The average Bonchev–Trinajstić information content (AvgIpc) is 3.34. The topological polar surface area (TPSA) is 97.6 Å². The molecule has 0 radical (unpaired) electrons. The number of hydrogen-bond acceptors (Lipinski definition) is 5. The van der Waals surface area contributed by atoms with E-state index in [4.69, 9.17) is 9.15 Å². The first-order valence-corrected chi connectivity index (χ1v) is 9.83. The van der Waals surface area contributed by atoms with Crippen LogP contribution in [-0.4, -0.2) is 36.9 Å². The summed E-state index contributed by atoms with van der Waals surface area (Å²) in [5.41, 5.74) is 1.41. The number of para-hydroxylation sites is 1. The van der Waals surface area contributed by atoms with Crippen LogP contribution in [0.4, 0.5) is 5.69 Å². The zero-order chi connectivity index (χ0) is 20.8. The van der Waals surface area contributed by atoms with Crippen molar-refractivity contribution < 1.29 is 23.5 Å². The summed E-state index contributed by atoms with van der Waals surface area (Å²) in [6.07, 6.45) is 2.55. The fourth-order valence-electron chi connectivity index (χ4n) is 3.36. The van der Waals surface area contributed by atoms with Crippen molar-refractivity contribution in [3.63, 3.8) is 0 Å². The highest BCUT2D eigenvalue weighted by Gasteiger charge is 2.19. The van der Waals surface area contributed by atoms with Gasteiger partial charge in [0.2, 0.25) is 5.91 Å². The van der Waals surface area contributed by atoms with Crippen molar-refractivity contribution in [2.24, 2.45) is 0 Å². The fourth-order valence-corrected chi connectivity index (χ4v) is 3.36. The van der Waals surface area contributed by atoms with Crippen LogP contribution in [0.5, 0.6) is 0 Å². The molecule has 2 N–H and O–H groups in total. The maximum atomic E-state index is 12.5. The normalized spacial score (nSPS) is 15.9. The molecule has 1 fully saturated rings. The van der Waals surface area contributed by atoms with Gasteiger partial charge in [0.05, 0.1) is 22.9 Å². The van der Waals surface area contributed by atoms with Crippen LogP contribution >= 0.6 is 0 Å². The van der Waals surface area contributed by atoms with Gasteiger partial charge in [0.15, 0.2) is 5.78 Å². The molecular weight excluding hydrogens is 372 g/mol. The summed E-state index contributed by atoms with van der Waals surface area (Å²) in [4.78, 5) is 36.4. The van der Waals surface area contributed by atoms with Gasteiger partial charge in [0, 0.05) is 26.0 Å².